The number of benzene rings is 2. The quantitative estimate of drug-likeness (QED) is 0.702. The molecule has 0 spiro atoms. The average Bonchev–Trinajstić information content (AvgIpc) is 2.68. The fourth-order valence-electron chi connectivity index (χ4n) is 2.42. The molecule has 0 fully saturated rings. The Hall–Kier alpha value is -3.41. The summed E-state index contributed by atoms with van der Waals surface area (Å²) >= 11 is 0. The number of methoxy groups -OCH3 is 1. The number of halogens is 1. The molecule has 3 aromatic rings. The number of aromatic nitrogens is 1. The van der Waals surface area contributed by atoms with Crippen LogP contribution in [0.1, 0.15) is 15.9 Å². The second-order valence-electron chi connectivity index (χ2n) is 5.53. The van der Waals surface area contributed by atoms with Crippen molar-refractivity contribution in [2.45, 2.75) is 6.54 Å². The number of carbonyl (C=O) groups excluding carboxylic acids is 1. The third kappa shape index (κ3) is 4.16. The summed E-state index contributed by atoms with van der Waals surface area (Å²) in [5.74, 6) is 0.516. The van der Waals surface area contributed by atoms with Gasteiger partial charge in [-0.3, -0.25) is 4.79 Å². The first-order valence-electron chi connectivity index (χ1n) is 8.05. The van der Waals surface area contributed by atoms with Gasteiger partial charge in [0.15, 0.2) is 0 Å². The van der Waals surface area contributed by atoms with Gasteiger partial charge < -0.3 is 15.4 Å². The number of carbonyl (C=O) groups is 1. The number of rotatable bonds is 6. The molecule has 0 bridgehead atoms. The Morgan fingerprint density at radius 3 is 2.58 bits per heavy atom. The van der Waals surface area contributed by atoms with Crippen molar-refractivity contribution < 1.29 is 13.9 Å². The van der Waals surface area contributed by atoms with E-state index in [1.807, 2.05) is 24.3 Å². The molecular weight excluding hydrogens is 333 g/mol. The fraction of sp³-hybridized carbons (Fsp3) is 0.100. The highest BCUT2D eigenvalue weighted by Crippen LogP contribution is 2.19. The molecule has 0 aliphatic heterocycles. The SMILES string of the molecule is COc1ccccc1CNc1ccc(C(=O)Nc2ccccc2F)cn1. The first kappa shape index (κ1) is 17.4. The predicted molar refractivity (Wildman–Crippen MR) is 98.9 cm³/mol. The number of hydrogen-bond acceptors (Lipinski definition) is 4. The monoisotopic (exact) mass is 351 g/mol. The summed E-state index contributed by atoms with van der Waals surface area (Å²) < 4.78 is 18.9. The maximum atomic E-state index is 13.6. The number of para-hydroxylation sites is 2. The van der Waals surface area contributed by atoms with Gasteiger partial charge in [0, 0.05) is 18.3 Å². The lowest BCUT2D eigenvalue weighted by atomic mass is 10.2. The van der Waals surface area contributed by atoms with Crippen LogP contribution in [0.3, 0.4) is 0 Å². The van der Waals surface area contributed by atoms with E-state index >= 15 is 0 Å². The maximum Gasteiger partial charge on any atom is 0.257 e. The molecule has 2 N–H and O–H groups in total. The van der Waals surface area contributed by atoms with Crippen LogP contribution in [0.4, 0.5) is 15.9 Å². The van der Waals surface area contributed by atoms with E-state index in [2.05, 4.69) is 15.6 Å². The molecule has 1 aromatic heterocycles. The van der Waals surface area contributed by atoms with Crippen LogP contribution < -0.4 is 15.4 Å². The smallest absolute Gasteiger partial charge is 0.257 e. The van der Waals surface area contributed by atoms with Crippen LogP contribution in [0, 0.1) is 5.82 Å². The van der Waals surface area contributed by atoms with Crippen LogP contribution in [-0.4, -0.2) is 18.0 Å². The Morgan fingerprint density at radius 2 is 1.85 bits per heavy atom. The lowest BCUT2D eigenvalue weighted by Crippen LogP contribution is -2.13. The third-order valence-corrected chi connectivity index (χ3v) is 3.80. The number of pyridine rings is 1. The van der Waals surface area contributed by atoms with Gasteiger partial charge in [-0.2, -0.15) is 0 Å². The largest absolute Gasteiger partial charge is 0.496 e. The van der Waals surface area contributed by atoms with Gasteiger partial charge >= 0.3 is 0 Å². The Balaban J connectivity index is 1.63. The molecule has 0 atom stereocenters. The fourth-order valence-corrected chi connectivity index (χ4v) is 2.42. The molecule has 0 radical (unpaired) electrons. The zero-order valence-corrected chi connectivity index (χ0v) is 14.2. The summed E-state index contributed by atoms with van der Waals surface area (Å²) in [5.41, 5.74) is 1.48. The molecule has 3 rings (SSSR count). The van der Waals surface area contributed by atoms with Gasteiger partial charge in [0.25, 0.3) is 5.91 Å². The molecule has 0 saturated heterocycles. The van der Waals surface area contributed by atoms with Crippen molar-refractivity contribution in [1.29, 1.82) is 0 Å². The molecule has 0 aliphatic rings. The topological polar surface area (TPSA) is 63.2 Å². The highest BCUT2D eigenvalue weighted by atomic mass is 19.1. The normalized spacial score (nSPS) is 10.2. The van der Waals surface area contributed by atoms with Crippen LogP contribution in [0.25, 0.3) is 0 Å². The summed E-state index contributed by atoms with van der Waals surface area (Å²) in [6, 6.07) is 17.0. The number of anilines is 2. The highest BCUT2D eigenvalue weighted by Gasteiger charge is 2.09. The van der Waals surface area contributed by atoms with E-state index in [0.29, 0.717) is 17.9 Å². The molecule has 26 heavy (non-hydrogen) atoms. The van der Waals surface area contributed by atoms with Crippen LogP contribution in [0.5, 0.6) is 5.75 Å². The number of nitrogens with zero attached hydrogens (tertiary/aromatic N) is 1. The molecule has 0 aliphatic carbocycles. The third-order valence-electron chi connectivity index (χ3n) is 3.80. The highest BCUT2D eigenvalue weighted by molar-refractivity contribution is 6.04. The van der Waals surface area contributed by atoms with E-state index in [1.165, 1.54) is 18.3 Å². The van der Waals surface area contributed by atoms with Crippen molar-refractivity contribution in [3.63, 3.8) is 0 Å². The summed E-state index contributed by atoms with van der Waals surface area (Å²) in [7, 11) is 1.63. The first-order valence-corrected chi connectivity index (χ1v) is 8.05. The van der Waals surface area contributed by atoms with E-state index in [4.69, 9.17) is 4.74 Å². The summed E-state index contributed by atoms with van der Waals surface area (Å²) in [4.78, 5) is 16.4. The van der Waals surface area contributed by atoms with Gasteiger partial charge in [-0.25, -0.2) is 9.37 Å². The lowest BCUT2D eigenvalue weighted by Gasteiger charge is -2.10. The minimum absolute atomic E-state index is 0.135. The van der Waals surface area contributed by atoms with E-state index in [0.717, 1.165) is 11.3 Å². The predicted octanol–water partition coefficient (Wildman–Crippen LogP) is 4.09. The maximum absolute atomic E-state index is 13.6. The van der Waals surface area contributed by atoms with E-state index in [9.17, 15) is 9.18 Å². The van der Waals surface area contributed by atoms with Crippen molar-refractivity contribution in [2.24, 2.45) is 0 Å². The summed E-state index contributed by atoms with van der Waals surface area (Å²) in [6.07, 6.45) is 1.45. The minimum atomic E-state index is -0.482. The van der Waals surface area contributed by atoms with Crippen LogP contribution >= 0.6 is 0 Å². The summed E-state index contributed by atoms with van der Waals surface area (Å²) in [6.45, 7) is 0.539. The molecule has 1 amide bonds. The molecule has 0 saturated carbocycles. The van der Waals surface area contributed by atoms with Crippen LogP contribution in [-0.2, 0) is 6.54 Å². The Labute approximate surface area is 150 Å². The van der Waals surface area contributed by atoms with Crippen molar-refractivity contribution in [3.05, 3.63) is 83.8 Å². The molecule has 2 aromatic carbocycles. The molecule has 1 heterocycles. The van der Waals surface area contributed by atoms with E-state index in [-0.39, 0.29) is 5.69 Å². The van der Waals surface area contributed by atoms with Crippen molar-refractivity contribution >= 4 is 17.4 Å². The van der Waals surface area contributed by atoms with Crippen LogP contribution in [0.15, 0.2) is 66.9 Å². The molecular formula is C20H18FN3O2. The minimum Gasteiger partial charge on any atom is -0.496 e. The zero-order chi connectivity index (χ0) is 18.4. The Morgan fingerprint density at radius 1 is 1.08 bits per heavy atom. The molecule has 5 nitrogen and oxygen atoms in total. The van der Waals surface area contributed by atoms with E-state index in [1.54, 1.807) is 31.4 Å². The number of amides is 1. The second-order valence-corrected chi connectivity index (χ2v) is 5.53. The standard InChI is InChI=1S/C20H18FN3O2/c1-26-18-9-5-2-6-14(18)12-22-19-11-10-15(13-23-19)20(25)24-17-8-4-3-7-16(17)21/h2-11,13H,12H2,1H3,(H,22,23)(H,24,25). The Kier molecular flexibility index (Phi) is 5.43. The molecule has 132 valence electrons. The number of hydrogen-bond donors (Lipinski definition) is 2. The number of nitrogens with one attached hydrogen (secondary N) is 2. The van der Waals surface area contributed by atoms with Crippen molar-refractivity contribution in [2.75, 3.05) is 17.7 Å². The van der Waals surface area contributed by atoms with Gasteiger partial charge in [0.1, 0.15) is 17.4 Å². The number of ether oxygens (including phenoxy) is 1. The Bertz CT molecular complexity index is 898. The molecule has 0 unspecified atom stereocenters. The van der Waals surface area contributed by atoms with Crippen LogP contribution in [0.2, 0.25) is 0 Å². The zero-order valence-electron chi connectivity index (χ0n) is 14.2. The molecule has 6 heteroatoms. The van der Waals surface area contributed by atoms with Gasteiger partial charge in [-0.15, -0.1) is 0 Å². The van der Waals surface area contributed by atoms with Gasteiger partial charge in [0.2, 0.25) is 0 Å². The van der Waals surface area contributed by atoms with Gasteiger partial charge in [0.05, 0.1) is 18.4 Å². The van der Waals surface area contributed by atoms with E-state index < -0.39 is 11.7 Å². The van der Waals surface area contributed by atoms with Gasteiger partial charge in [-0.1, -0.05) is 30.3 Å². The van der Waals surface area contributed by atoms with Crippen molar-refractivity contribution in [1.82, 2.24) is 4.98 Å². The average molecular weight is 351 g/mol. The van der Waals surface area contributed by atoms with Crippen molar-refractivity contribution in [3.8, 4) is 5.75 Å². The second kappa shape index (κ2) is 8.11. The van der Waals surface area contributed by atoms with Gasteiger partial charge in [-0.05, 0) is 30.3 Å². The first-order chi connectivity index (χ1) is 12.7. The summed E-state index contributed by atoms with van der Waals surface area (Å²) in [5, 5.41) is 5.71. The lowest BCUT2D eigenvalue weighted by molar-refractivity contribution is 0.102.